The van der Waals surface area contributed by atoms with Crippen molar-refractivity contribution in [3.8, 4) is 0 Å². The Morgan fingerprint density at radius 3 is 2.81 bits per heavy atom. The van der Waals surface area contributed by atoms with Crippen LogP contribution in [-0.2, 0) is 9.59 Å². The van der Waals surface area contributed by atoms with Crippen LogP contribution in [0.2, 0.25) is 0 Å². The van der Waals surface area contributed by atoms with Crippen LogP contribution in [0.4, 0.5) is 5.69 Å². The van der Waals surface area contributed by atoms with Crippen molar-refractivity contribution in [3.05, 3.63) is 28.7 Å². The van der Waals surface area contributed by atoms with Gasteiger partial charge in [0.15, 0.2) is 0 Å². The second-order valence-corrected chi connectivity index (χ2v) is 6.48. The first-order chi connectivity index (χ1) is 10.0. The Morgan fingerprint density at radius 1 is 1.38 bits per heavy atom. The van der Waals surface area contributed by atoms with E-state index in [2.05, 4.69) is 28.2 Å². The summed E-state index contributed by atoms with van der Waals surface area (Å²) < 4.78 is 0.919. The van der Waals surface area contributed by atoms with Crippen molar-refractivity contribution < 1.29 is 9.59 Å². The lowest BCUT2D eigenvalue weighted by atomic mass is 10.2. The third-order valence-corrected chi connectivity index (χ3v) is 4.25. The lowest BCUT2D eigenvalue weighted by molar-refractivity contribution is -0.132. The third-order valence-electron chi connectivity index (χ3n) is 3.76. The summed E-state index contributed by atoms with van der Waals surface area (Å²) in [7, 11) is 1.82. The summed E-state index contributed by atoms with van der Waals surface area (Å²) in [5.41, 5.74) is 0.756. The highest BCUT2D eigenvalue weighted by Crippen LogP contribution is 2.40. The minimum atomic E-state index is -0.180. The van der Waals surface area contributed by atoms with Crippen molar-refractivity contribution in [2.75, 3.05) is 18.9 Å². The number of unbranched alkanes of at least 4 members (excludes halogenated alkanes) is 1. The molecule has 0 radical (unpaired) electrons. The van der Waals surface area contributed by atoms with Gasteiger partial charge in [-0.3, -0.25) is 9.59 Å². The summed E-state index contributed by atoms with van der Waals surface area (Å²) in [6.45, 7) is 2.87. The van der Waals surface area contributed by atoms with Gasteiger partial charge in [0.2, 0.25) is 11.8 Å². The summed E-state index contributed by atoms with van der Waals surface area (Å²) >= 11 is 3.37. The first kappa shape index (κ1) is 16.0. The first-order valence-corrected chi connectivity index (χ1v) is 8.13. The second kappa shape index (κ2) is 7.07. The minimum Gasteiger partial charge on any atom is -0.346 e. The normalized spacial score (nSPS) is 20.0. The van der Waals surface area contributed by atoms with Crippen LogP contribution in [0.3, 0.4) is 0 Å². The highest BCUT2D eigenvalue weighted by Gasteiger charge is 2.48. The molecule has 2 unspecified atom stereocenters. The van der Waals surface area contributed by atoms with E-state index in [1.54, 1.807) is 4.90 Å². The molecule has 2 rings (SSSR count). The molecule has 1 saturated carbocycles. The van der Waals surface area contributed by atoms with Crippen LogP contribution in [0.25, 0.3) is 0 Å². The fourth-order valence-corrected chi connectivity index (χ4v) is 2.75. The van der Waals surface area contributed by atoms with E-state index in [0.29, 0.717) is 6.42 Å². The van der Waals surface area contributed by atoms with Gasteiger partial charge >= 0.3 is 0 Å². The van der Waals surface area contributed by atoms with E-state index in [1.165, 1.54) is 0 Å². The molecule has 1 fully saturated rings. The molecule has 0 bridgehead atoms. The summed E-state index contributed by atoms with van der Waals surface area (Å²) in [4.78, 5) is 26.1. The van der Waals surface area contributed by atoms with Gasteiger partial charge in [-0.15, -0.1) is 0 Å². The summed E-state index contributed by atoms with van der Waals surface area (Å²) in [6.07, 6.45) is 2.73. The number of benzene rings is 1. The fourth-order valence-electron chi connectivity index (χ4n) is 2.35. The zero-order chi connectivity index (χ0) is 15.4. The molecule has 2 amide bonds. The Labute approximate surface area is 134 Å². The summed E-state index contributed by atoms with van der Waals surface area (Å²) in [6, 6.07) is 7.47. The van der Waals surface area contributed by atoms with Crippen LogP contribution in [0.1, 0.15) is 26.2 Å². The highest BCUT2D eigenvalue weighted by atomic mass is 79.9. The number of halogens is 1. The van der Waals surface area contributed by atoms with Crippen molar-refractivity contribution >= 4 is 33.4 Å². The van der Waals surface area contributed by atoms with E-state index in [-0.39, 0.29) is 23.7 Å². The van der Waals surface area contributed by atoms with E-state index < -0.39 is 0 Å². The molecule has 1 N–H and O–H groups in total. The number of carbonyl (C=O) groups excluding carboxylic acids is 2. The number of rotatable bonds is 6. The molecule has 2 atom stereocenters. The van der Waals surface area contributed by atoms with Crippen molar-refractivity contribution in [1.29, 1.82) is 0 Å². The van der Waals surface area contributed by atoms with Gasteiger partial charge < -0.3 is 10.2 Å². The minimum absolute atomic E-state index is 0.0599. The Bertz CT molecular complexity index is 533. The summed E-state index contributed by atoms with van der Waals surface area (Å²) in [5, 5.41) is 2.87. The molecule has 1 aliphatic carbocycles. The average Bonchev–Trinajstić information content (AvgIpc) is 3.24. The van der Waals surface area contributed by atoms with Crippen LogP contribution in [0, 0.1) is 11.8 Å². The number of amides is 2. The van der Waals surface area contributed by atoms with Crippen LogP contribution >= 0.6 is 15.9 Å². The Hall–Kier alpha value is -1.36. The number of nitrogens with one attached hydrogen (secondary N) is 1. The number of hydrogen-bond acceptors (Lipinski definition) is 2. The molecular weight excluding hydrogens is 332 g/mol. The average molecular weight is 353 g/mol. The SMILES string of the molecule is CCCCN(C)C(=O)C1CC1C(=O)Nc1cccc(Br)c1. The van der Waals surface area contributed by atoms with Crippen molar-refractivity contribution in [1.82, 2.24) is 4.90 Å². The van der Waals surface area contributed by atoms with E-state index >= 15 is 0 Å². The largest absolute Gasteiger partial charge is 0.346 e. The molecule has 0 aromatic heterocycles. The zero-order valence-corrected chi connectivity index (χ0v) is 14.0. The van der Waals surface area contributed by atoms with E-state index in [4.69, 9.17) is 0 Å². The number of nitrogens with zero attached hydrogens (tertiary/aromatic N) is 1. The molecule has 114 valence electrons. The van der Waals surface area contributed by atoms with Crippen LogP contribution < -0.4 is 5.32 Å². The molecular formula is C16H21BrN2O2. The Kier molecular flexibility index (Phi) is 5.39. The predicted molar refractivity (Wildman–Crippen MR) is 86.9 cm³/mol. The quantitative estimate of drug-likeness (QED) is 0.853. The maximum absolute atomic E-state index is 12.2. The van der Waals surface area contributed by atoms with Gasteiger partial charge in [0.1, 0.15) is 0 Å². The number of carbonyl (C=O) groups is 2. The van der Waals surface area contributed by atoms with E-state index in [9.17, 15) is 9.59 Å². The van der Waals surface area contributed by atoms with Gasteiger partial charge in [0.25, 0.3) is 0 Å². The zero-order valence-electron chi connectivity index (χ0n) is 12.4. The fraction of sp³-hybridized carbons (Fsp3) is 0.500. The molecule has 1 aromatic carbocycles. The summed E-state index contributed by atoms with van der Waals surface area (Å²) in [5.74, 6) is -0.284. The first-order valence-electron chi connectivity index (χ1n) is 7.34. The molecule has 1 aliphatic rings. The predicted octanol–water partition coefficient (Wildman–Crippen LogP) is 3.28. The Morgan fingerprint density at radius 2 is 2.14 bits per heavy atom. The van der Waals surface area contributed by atoms with Gasteiger partial charge in [-0.05, 0) is 31.0 Å². The van der Waals surface area contributed by atoms with E-state index in [0.717, 1.165) is 29.5 Å². The van der Waals surface area contributed by atoms with Crippen molar-refractivity contribution in [2.24, 2.45) is 11.8 Å². The van der Waals surface area contributed by atoms with Gasteiger partial charge in [-0.1, -0.05) is 35.3 Å². The maximum atomic E-state index is 12.2. The molecule has 5 heteroatoms. The van der Waals surface area contributed by atoms with Gasteiger partial charge in [-0.25, -0.2) is 0 Å². The molecule has 0 aliphatic heterocycles. The molecule has 0 spiro atoms. The lowest BCUT2D eigenvalue weighted by Crippen LogP contribution is -2.30. The standard InChI is InChI=1S/C16H21BrN2O2/c1-3-4-8-19(2)16(21)14-10-13(14)15(20)18-12-7-5-6-11(17)9-12/h5-7,9,13-14H,3-4,8,10H2,1-2H3,(H,18,20). The van der Waals surface area contributed by atoms with E-state index in [1.807, 2.05) is 31.3 Å². The van der Waals surface area contributed by atoms with Crippen LogP contribution in [0.15, 0.2) is 28.7 Å². The van der Waals surface area contributed by atoms with Crippen molar-refractivity contribution in [3.63, 3.8) is 0 Å². The smallest absolute Gasteiger partial charge is 0.228 e. The third kappa shape index (κ3) is 4.30. The van der Waals surface area contributed by atoms with Crippen molar-refractivity contribution in [2.45, 2.75) is 26.2 Å². The topological polar surface area (TPSA) is 49.4 Å². The van der Waals surface area contributed by atoms with Gasteiger partial charge in [-0.2, -0.15) is 0 Å². The molecule has 1 aromatic rings. The Balaban J connectivity index is 1.85. The second-order valence-electron chi connectivity index (χ2n) is 5.56. The van der Waals surface area contributed by atoms with Crippen LogP contribution in [0.5, 0.6) is 0 Å². The molecule has 0 heterocycles. The van der Waals surface area contributed by atoms with Gasteiger partial charge in [0.05, 0.1) is 11.8 Å². The highest BCUT2D eigenvalue weighted by molar-refractivity contribution is 9.10. The monoisotopic (exact) mass is 352 g/mol. The number of anilines is 1. The molecule has 21 heavy (non-hydrogen) atoms. The maximum Gasteiger partial charge on any atom is 0.228 e. The molecule has 0 saturated heterocycles. The van der Waals surface area contributed by atoms with Crippen LogP contribution in [-0.4, -0.2) is 30.3 Å². The lowest BCUT2D eigenvalue weighted by Gasteiger charge is -2.16. The number of hydrogen-bond donors (Lipinski definition) is 1. The molecule has 4 nitrogen and oxygen atoms in total. The van der Waals surface area contributed by atoms with Gasteiger partial charge in [0, 0.05) is 23.8 Å².